The summed E-state index contributed by atoms with van der Waals surface area (Å²) in [7, 11) is 0. The Labute approximate surface area is 159 Å². The highest BCUT2D eigenvalue weighted by Gasteiger charge is 2.21. The fourth-order valence-electron chi connectivity index (χ4n) is 3.08. The van der Waals surface area contributed by atoms with Gasteiger partial charge in [0.25, 0.3) is 5.91 Å². The van der Waals surface area contributed by atoms with Crippen LogP contribution in [0.4, 0.5) is 14.5 Å². The van der Waals surface area contributed by atoms with Crippen molar-refractivity contribution in [1.29, 1.82) is 0 Å². The first-order valence-electron chi connectivity index (χ1n) is 8.66. The lowest BCUT2D eigenvalue weighted by Gasteiger charge is -2.10. The molecule has 0 spiro atoms. The zero-order valence-electron chi connectivity index (χ0n) is 15.0. The standard InChI is InChI=1S/C21H16F2N4O/c1-13-7-5-6-10-15(13)21(28)24-18-16(22)11-17(23)20-19(18)25-26-27(20)12-14-8-3-2-4-9-14/h2-11H,12H2,1H3,(H,24,28). The number of carbonyl (C=O) groups excluding carboxylic acids is 1. The van der Waals surface area contributed by atoms with Gasteiger partial charge in [0.1, 0.15) is 16.7 Å². The van der Waals surface area contributed by atoms with Gasteiger partial charge in [-0.15, -0.1) is 5.10 Å². The highest BCUT2D eigenvalue weighted by Crippen LogP contribution is 2.28. The molecule has 28 heavy (non-hydrogen) atoms. The number of benzene rings is 3. The Kier molecular flexibility index (Phi) is 4.57. The zero-order chi connectivity index (χ0) is 19.7. The van der Waals surface area contributed by atoms with Crippen molar-refractivity contribution in [2.75, 3.05) is 5.32 Å². The van der Waals surface area contributed by atoms with Crippen molar-refractivity contribution in [1.82, 2.24) is 15.0 Å². The van der Waals surface area contributed by atoms with Crippen LogP contribution in [-0.2, 0) is 6.54 Å². The van der Waals surface area contributed by atoms with Crippen molar-refractivity contribution in [3.63, 3.8) is 0 Å². The lowest BCUT2D eigenvalue weighted by Crippen LogP contribution is -2.15. The van der Waals surface area contributed by atoms with E-state index in [2.05, 4.69) is 15.6 Å². The molecule has 0 aliphatic carbocycles. The van der Waals surface area contributed by atoms with Gasteiger partial charge in [0.05, 0.1) is 6.54 Å². The van der Waals surface area contributed by atoms with Crippen molar-refractivity contribution < 1.29 is 13.6 Å². The van der Waals surface area contributed by atoms with Gasteiger partial charge < -0.3 is 5.32 Å². The third kappa shape index (κ3) is 3.22. The SMILES string of the molecule is Cc1ccccc1C(=O)Nc1c(F)cc(F)c2c1nnn2Cc1ccccc1. The quantitative estimate of drug-likeness (QED) is 0.575. The minimum absolute atomic E-state index is 0.0321. The smallest absolute Gasteiger partial charge is 0.256 e. The number of carbonyl (C=O) groups is 1. The molecule has 1 amide bonds. The van der Waals surface area contributed by atoms with Gasteiger partial charge in [-0.2, -0.15) is 0 Å². The molecular weight excluding hydrogens is 362 g/mol. The molecule has 140 valence electrons. The van der Waals surface area contributed by atoms with E-state index in [1.165, 1.54) is 4.68 Å². The number of hydrogen-bond donors (Lipinski definition) is 1. The van der Waals surface area contributed by atoms with Crippen LogP contribution in [0, 0.1) is 18.6 Å². The van der Waals surface area contributed by atoms with Crippen LogP contribution in [-0.4, -0.2) is 20.9 Å². The van der Waals surface area contributed by atoms with Gasteiger partial charge in [0.15, 0.2) is 11.6 Å². The van der Waals surface area contributed by atoms with Crippen molar-refractivity contribution in [3.8, 4) is 0 Å². The maximum absolute atomic E-state index is 14.5. The minimum atomic E-state index is -0.904. The molecule has 0 bridgehead atoms. The molecule has 0 saturated carbocycles. The van der Waals surface area contributed by atoms with Crippen LogP contribution >= 0.6 is 0 Å². The number of fused-ring (bicyclic) bond motifs is 1. The molecular formula is C21H16F2N4O. The number of rotatable bonds is 4. The molecule has 5 nitrogen and oxygen atoms in total. The Morgan fingerprint density at radius 2 is 1.75 bits per heavy atom. The predicted molar refractivity (Wildman–Crippen MR) is 102 cm³/mol. The fraction of sp³-hybridized carbons (Fsp3) is 0.0952. The second-order valence-electron chi connectivity index (χ2n) is 6.41. The van der Waals surface area contributed by atoms with Crippen LogP contribution in [0.1, 0.15) is 21.5 Å². The summed E-state index contributed by atoms with van der Waals surface area (Å²) in [6.45, 7) is 2.05. The number of hydrogen-bond acceptors (Lipinski definition) is 3. The average Bonchev–Trinajstić information content (AvgIpc) is 3.10. The summed E-state index contributed by atoms with van der Waals surface area (Å²) in [4.78, 5) is 12.6. The van der Waals surface area contributed by atoms with Crippen molar-refractivity contribution in [2.45, 2.75) is 13.5 Å². The number of aryl methyl sites for hydroxylation is 1. The molecule has 0 aliphatic heterocycles. The Morgan fingerprint density at radius 3 is 2.50 bits per heavy atom. The van der Waals surface area contributed by atoms with Gasteiger partial charge in [-0.05, 0) is 24.1 Å². The zero-order valence-corrected chi connectivity index (χ0v) is 15.0. The summed E-state index contributed by atoms with van der Waals surface area (Å²) in [5, 5.41) is 10.4. The maximum Gasteiger partial charge on any atom is 0.256 e. The van der Waals surface area contributed by atoms with E-state index in [1.54, 1.807) is 31.2 Å². The molecule has 1 aromatic heterocycles. The number of anilines is 1. The van der Waals surface area contributed by atoms with E-state index >= 15 is 0 Å². The van der Waals surface area contributed by atoms with E-state index in [0.717, 1.165) is 17.2 Å². The molecule has 1 heterocycles. The minimum Gasteiger partial charge on any atom is -0.318 e. The Hall–Kier alpha value is -3.61. The monoisotopic (exact) mass is 378 g/mol. The number of aromatic nitrogens is 3. The van der Waals surface area contributed by atoms with Gasteiger partial charge in [-0.25, -0.2) is 13.5 Å². The topological polar surface area (TPSA) is 59.8 Å². The van der Waals surface area contributed by atoms with E-state index in [-0.39, 0.29) is 23.3 Å². The van der Waals surface area contributed by atoms with E-state index in [0.29, 0.717) is 5.56 Å². The summed E-state index contributed by atoms with van der Waals surface area (Å²) < 4.78 is 30.3. The van der Waals surface area contributed by atoms with Crippen LogP contribution in [0.5, 0.6) is 0 Å². The molecule has 0 aliphatic rings. The molecule has 4 rings (SSSR count). The summed E-state index contributed by atoms with van der Waals surface area (Å²) in [5.41, 5.74) is 1.84. The van der Waals surface area contributed by atoms with Gasteiger partial charge in [0, 0.05) is 11.6 Å². The summed E-state index contributed by atoms with van der Waals surface area (Å²) >= 11 is 0. The van der Waals surface area contributed by atoms with E-state index in [9.17, 15) is 13.6 Å². The molecule has 0 radical (unpaired) electrons. The molecule has 0 atom stereocenters. The largest absolute Gasteiger partial charge is 0.318 e. The van der Waals surface area contributed by atoms with Crippen LogP contribution < -0.4 is 5.32 Å². The highest BCUT2D eigenvalue weighted by molar-refractivity contribution is 6.08. The first-order chi connectivity index (χ1) is 13.5. The van der Waals surface area contributed by atoms with E-state index in [1.807, 2.05) is 30.3 Å². The van der Waals surface area contributed by atoms with Crippen LogP contribution in [0.25, 0.3) is 11.0 Å². The lowest BCUT2D eigenvalue weighted by atomic mass is 10.1. The predicted octanol–water partition coefficient (Wildman–Crippen LogP) is 4.32. The highest BCUT2D eigenvalue weighted by atomic mass is 19.1. The van der Waals surface area contributed by atoms with E-state index < -0.39 is 17.5 Å². The van der Waals surface area contributed by atoms with Crippen molar-refractivity contribution >= 4 is 22.6 Å². The molecule has 0 fully saturated rings. The number of nitrogens with one attached hydrogen (secondary N) is 1. The van der Waals surface area contributed by atoms with Gasteiger partial charge in [-0.1, -0.05) is 53.7 Å². The van der Waals surface area contributed by atoms with E-state index in [4.69, 9.17) is 0 Å². The number of amides is 1. The first kappa shape index (κ1) is 17.8. The second kappa shape index (κ2) is 7.19. The third-order valence-corrected chi connectivity index (χ3v) is 4.49. The molecule has 0 unspecified atom stereocenters. The molecule has 4 aromatic rings. The summed E-state index contributed by atoms with van der Waals surface area (Å²) in [5.74, 6) is -2.19. The summed E-state index contributed by atoms with van der Waals surface area (Å²) in [6, 6.07) is 17.0. The van der Waals surface area contributed by atoms with Gasteiger partial charge >= 0.3 is 0 Å². The average molecular weight is 378 g/mol. The fourth-order valence-corrected chi connectivity index (χ4v) is 3.08. The Bertz CT molecular complexity index is 1170. The number of halogens is 2. The molecule has 1 N–H and O–H groups in total. The van der Waals surface area contributed by atoms with Crippen LogP contribution in [0.15, 0.2) is 60.7 Å². The Morgan fingerprint density at radius 1 is 1.04 bits per heavy atom. The van der Waals surface area contributed by atoms with Crippen LogP contribution in [0.3, 0.4) is 0 Å². The Balaban J connectivity index is 1.75. The molecule has 7 heteroatoms. The third-order valence-electron chi connectivity index (χ3n) is 4.49. The van der Waals surface area contributed by atoms with Gasteiger partial charge in [0.2, 0.25) is 0 Å². The summed E-state index contributed by atoms with van der Waals surface area (Å²) in [6.07, 6.45) is 0. The lowest BCUT2D eigenvalue weighted by molar-refractivity contribution is 0.102. The first-order valence-corrected chi connectivity index (χ1v) is 8.66. The van der Waals surface area contributed by atoms with Crippen molar-refractivity contribution in [3.05, 3.63) is 89.0 Å². The van der Waals surface area contributed by atoms with Crippen molar-refractivity contribution in [2.24, 2.45) is 0 Å². The molecule has 0 saturated heterocycles. The molecule has 3 aromatic carbocycles. The van der Waals surface area contributed by atoms with Gasteiger partial charge in [-0.3, -0.25) is 4.79 Å². The number of nitrogens with zero attached hydrogens (tertiary/aromatic N) is 3. The normalized spacial score (nSPS) is 11.0. The maximum atomic E-state index is 14.5. The van der Waals surface area contributed by atoms with Crippen LogP contribution in [0.2, 0.25) is 0 Å². The second-order valence-corrected chi connectivity index (χ2v) is 6.41.